The van der Waals surface area contributed by atoms with Crippen molar-refractivity contribution in [2.24, 2.45) is 4.99 Å². The van der Waals surface area contributed by atoms with E-state index in [9.17, 15) is 0 Å². The molecule has 28 heavy (non-hydrogen) atoms. The average molecular weight is 377 g/mol. The van der Waals surface area contributed by atoms with E-state index in [0.717, 1.165) is 67.3 Å². The fourth-order valence-corrected chi connectivity index (χ4v) is 3.67. The van der Waals surface area contributed by atoms with Crippen LogP contribution in [0.3, 0.4) is 0 Å². The fraction of sp³-hybridized carbons (Fsp3) is 0.348. The van der Waals surface area contributed by atoms with Gasteiger partial charge >= 0.3 is 0 Å². The second-order valence-corrected chi connectivity index (χ2v) is 7.09. The zero-order valence-electron chi connectivity index (χ0n) is 16.3. The van der Waals surface area contributed by atoms with Crippen LogP contribution in [0.4, 0.5) is 0 Å². The Morgan fingerprint density at radius 3 is 2.61 bits per heavy atom. The van der Waals surface area contributed by atoms with Gasteiger partial charge in [-0.3, -0.25) is 4.99 Å². The van der Waals surface area contributed by atoms with Crippen LogP contribution in [0, 0.1) is 0 Å². The van der Waals surface area contributed by atoms with Gasteiger partial charge in [-0.1, -0.05) is 36.4 Å². The summed E-state index contributed by atoms with van der Waals surface area (Å²) in [7, 11) is 1.84. The molecular weight excluding hydrogens is 350 g/mol. The lowest BCUT2D eigenvalue weighted by Gasteiger charge is -2.34. The number of hydrogen-bond acceptors (Lipinski definition) is 3. The minimum absolute atomic E-state index is 0.271. The first-order valence-corrected chi connectivity index (χ1v) is 9.96. The van der Waals surface area contributed by atoms with E-state index in [0.29, 0.717) is 0 Å². The highest BCUT2D eigenvalue weighted by Gasteiger charge is 2.22. The lowest BCUT2D eigenvalue weighted by atomic mass is 10.1. The second-order valence-electron chi connectivity index (χ2n) is 7.09. The summed E-state index contributed by atoms with van der Waals surface area (Å²) in [4.78, 5) is 6.76. The zero-order valence-corrected chi connectivity index (χ0v) is 16.3. The van der Waals surface area contributed by atoms with Crippen LogP contribution in [0.25, 0.3) is 11.0 Å². The van der Waals surface area contributed by atoms with E-state index < -0.39 is 0 Å². The number of guanidine groups is 1. The number of nitrogens with one attached hydrogen (secondary N) is 1. The highest BCUT2D eigenvalue weighted by Crippen LogP contribution is 2.20. The summed E-state index contributed by atoms with van der Waals surface area (Å²) in [5.74, 6) is 2.91. The quantitative estimate of drug-likeness (QED) is 0.537. The van der Waals surface area contributed by atoms with Crippen molar-refractivity contribution in [3.05, 3.63) is 66.4 Å². The van der Waals surface area contributed by atoms with Crippen molar-refractivity contribution < 1.29 is 9.15 Å². The van der Waals surface area contributed by atoms with Crippen molar-refractivity contribution in [1.82, 2.24) is 10.2 Å². The third-order valence-electron chi connectivity index (χ3n) is 5.13. The van der Waals surface area contributed by atoms with Gasteiger partial charge in [0.15, 0.2) is 5.96 Å². The number of benzene rings is 2. The molecule has 2 heterocycles. The molecule has 5 heteroatoms. The van der Waals surface area contributed by atoms with Crippen molar-refractivity contribution in [3.63, 3.8) is 0 Å². The number of para-hydroxylation sites is 2. The first-order valence-electron chi connectivity index (χ1n) is 9.96. The van der Waals surface area contributed by atoms with Crippen LogP contribution in [0.1, 0.15) is 18.6 Å². The Labute approximate surface area is 166 Å². The number of furan rings is 1. The molecule has 1 N–H and O–H groups in total. The van der Waals surface area contributed by atoms with Gasteiger partial charge in [-0.25, -0.2) is 0 Å². The van der Waals surface area contributed by atoms with Crippen LogP contribution in [-0.2, 0) is 6.42 Å². The van der Waals surface area contributed by atoms with Crippen molar-refractivity contribution in [1.29, 1.82) is 0 Å². The first kappa shape index (κ1) is 18.4. The number of rotatable bonds is 5. The molecule has 1 aliphatic heterocycles. The number of likely N-dealkylation sites (tertiary alicyclic amines) is 1. The molecule has 1 aliphatic rings. The molecule has 3 aromatic rings. The summed E-state index contributed by atoms with van der Waals surface area (Å²) in [6.45, 7) is 2.69. The lowest BCUT2D eigenvalue weighted by Crippen LogP contribution is -2.47. The molecule has 0 saturated carbocycles. The Kier molecular flexibility index (Phi) is 5.80. The van der Waals surface area contributed by atoms with Gasteiger partial charge in [0.05, 0.1) is 0 Å². The van der Waals surface area contributed by atoms with Crippen LogP contribution >= 0.6 is 0 Å². The molecule has 146 valence electrons. The van der Waals surface area contributed by atoms with E-state index in [1.807, 2.05) is 55.6 Å². The second kappa shape index (κ2) is 8.83. The predicted octanol–water partition coefficient (Wildman–Crippen LogP) is 4.09. The number of piperidine rings is 1. The van der Waals surface area contributed by atoms with Crippen molar-refractivity contribution in [2.45, 2.75) is 25.4 Å². The van der Waals surface area contributed by atoms with Gasteiger partial charge < -0.3 is 19.4 Å². The number of aliphatic imine (C=N–C) groups is 1. The van der Waals surface area contributed by atoms with E-state index in [1.54, 1.807) is 0 Å². The molecule has 4 rings (SSSR count). The SMILES string of the molecule is CN=C(NCCc1cc2ccccc2o1)N1CCC(Oc2ccccc2)CC1. The van der Waals surface area contributed by atoms with Crippen LogP contribution in [0.15, 0.2) is 70.1 Å². The molecule has 0 atom stereocenters. The van der Waals surface area contributed by atoms with Gasteiger partial charge in [-0.15, -0.1) is 0 Å². The molecule has 0 aliphatic carbocycles. The molecule has 1 saturated heterocycles. The summed E-state index contributed by atoms with van der Waals surface area (Å²) in [5.41, 5.74) is 0.947. The van der Waals surface area contributed by atoms with Crippen molar-refractivity contribution in [2.75, 3.05) is 26.7 Å². The maximum atomic E-state index is 6.09. The summed E-state index contributed by atoms with van der Waals surface area (Å²) >= 11 is 0. The maximum Gasteiger partial charge on any atom is 0.193 e. The molecule has 1 fully saturated rings. The van der Waals surface area contributed by atoms with Gasteiger partial charge in [0, 0.05) is 51.3 Å². The summed E-state index contributed by atoms with van der Waals surface area (Å²) in [5, 5.41) is 4.63. The van der Waals surface area contributed by atoms with E-state index in [-0.39, 0.29) is 6.10 Å². The molecule has 0 amide bonds. The van der Waals surface area contributed by atoms with Crippen LogP contribution in [0.2, 0.25) is 0 Å². The fourth-order valence-electron chi connectivity index (χ4n) is 3.67. The summed E-state index contributed by atoms with van der Waals surface area (Å²) in [6, 6.07) is 20.3. The van der Waals surface area contributed by atoms with E-state index in [1.165, 1.54) is 0 Å². The number of nitrogens with zero attached hydrogens (tertiary/aromatic N) is 2. The van der Waals surface area contributed by atoms with Gasteiger partial charge in [-0.05, 0) is 24.3 Å². The smallest absolute Gasteiger partial charge is 0.193 e. The first-order chi connectivity index (χ1) is 13.8. The van der Waals surface area contributed by atoms with Gasteiger partial charge in [0.1, 0.15) is 23.2 Å². The average Bonchev–Trinajstić information content (AvgIpc) is 3.16. The largest absolute Gasteiger partial charge is 0.490 e. The van der Waals surface area contributed by atoms with Gasteiger partial charge in [0.25, 0.3) is 0 Å². The van der Waals surface area contributed by atoms with E-state index in [4.69, 9.17) is 9.15 Å². The molecule has 0 spiro atoms. The van der Waals surface area contributed by atoms with Crippen LogP contribution in [0.5, 0.6) is 5.75 Å². The van der Waals surface area contributed by atoms with E-state index in [2.05, 4.69) is 27.3 Å². The Morgan fingerprint density at radius 1 is 1.11 bits per heavy atom. The third kappa shape index (κ3) is 4.47. The summed E-state index contributed by atoms with van der Waals surface area (Å²) in [6.07, 6.45) is 3.10. The molecule has 0 bridgehead atoms. The highest BCUT2D eigenvalue weighted by atomic mass is 16.5. The molecular formula is C23H27N3O2. The highest BCUT2D eigenvalue weighted by molar-refractivity contribution is 5.80. The normalized spacial score (nSPS) is 15.8. The lowest BCUT2D eigenvalue weighted by molar-refractivity contribution is 0.129. The molecule has 5 nitrogen and oxygen atoms in total. The maximum absolute atomic E-state index is 6.09. The van der Waals surface area contributed by atoms with E-state index >= 15 is 0 Å². The molecule has 0 radical (unpaired) electrons. The number of hydrogen-bond donors (Lipinski definition) is 1. The van der Waals surface area contributed by atoms with Crippen molar-refractivity contribution >= 4 is 16.9 Å². The zero-order chi connectivity index (χ0) is 19.2. The Balaban J connectivity index is 1.24. The minimum atomic E-state index is 0.271. The Hall–Kier alpha value is -2.95. The molecule has 0 unspecified atom stereocenters. The van der Waals surface area contributed by atoms with Crippen LogP contribution in [-0.4, -0.2) is 43.6 Å². The monoisotopic (exact) mass is 377 g/mol. The molecule has 2 aromatic carbocycles. The standard InChI is InChI=1S/C23H27N3O2/c1-24-23(25-14-11-21-17-18-7-5-6-10-22(18)28-21)26-15-12-20(13-16-26)27-19-8-3-2-4-9-19/h2-10,17,20H,11-16H2,1H3,(H,24,25). The topological polar surface area (TPSA) is 50.0 Å². The molecule has 1 aromatic heterocycles. The summed E-state index contributed by atoms with van der Waals surface area (Å²) < 4.78 is 12.0. The Bertz CT molecular complexity index is 879. The number of fused-ring (bicyclic) bond motifs is 1. The van der Waals surface area contributed by atoms with Gasteiger partial charge in [0.2, 0.25) is 0 Å². The third-order valence-corrected chi connectivity index (χ3v) is 5.13. The Morgan fingerprint density at radius 2 is 1.86 bits per heavy atom. The van der Waals surface area contributed by atoms with Gasteiger partial charge in [-0.2, -0.15) is 0 Å². The predicted molar refractivity (Wildman–Crippen MR) is 113 cm³/mol. The van der Waals surface area contributed by atoms with Crippen LogP contribution < -0.4 is 10.1 Å². The van der Waals surface area contributed by atoms with Crippen molar-refractivity contribution in [3.8, 4) is 5.75 Å². The number of ether oxygens (including phenoxy) is 1. The minimum Gasteiger partial charge on any atom is -0.490 e.